The summed E-state index contributed by atoms with van der Waals surface area (Å²) >= 11 is 0. The lowest BCUT2D eigenvalue weighted by atomic mass is 10.1. The van der Waals surface area contributed by atoms with E-state index in [9.17, 15) is 4.79 Å². The van der Waals surface area contributed by atoms with Crippen LogP contribution in [0.1, 0.15) is 17.3 Å². The van der Waals surface area contributed by atoms with Crippen molar-refractivity contribution in [1.82, 2.24) is 14.9 Å². The fourth-order valence-electron chi connectivity index (χ4n) is 3.47. The van der Waals surface area contributed by atoms with Crippen molar-refractivity contribution < 1.29 is 4.79 Å². The number of carbonyl (C=O) groups excluding carboxylic acids is 1. The minimum atomic E-state index is 0.0424. The van der Waals surface area contributed by atoms with Crippen molar-refractivity contribution >= 4 is 28.3 Å². The third-order valence-electron chi connectivity index (χ3n) is 4.86. The predicted octanol–water partition coefficient (Wildman–Crippen LogP) is 3.02. The zero-order valence-corrected chi connectivity index (χ0v) is 15.4. The van der Waals surface area contributed by atoms with Gasteiger partial charge in [-0.25, -0.2) is 4.98 Å². The highest BCUT2D eigenvalue weighted by Crippen LogP contribution is 2.24. The third kappa shape index (κ3) is 3.56. The van der Waals surface area contributed by atoms with Crippen molar-refractivity contribution in [1.29, 1.82) is 0 Å². The lowest BCUT2D eigenvalue weighted by Crippen LogP contribution is -2.49. The maximum absolute atomic E-state index is 12.9. The number of aromatic nitrogens is 2. The molecule has 1 aliphatic rings. The van der Waals surface area contributed by atoms with Crippen LogP contribution in [0.5, 0.6) is 0 Å². The van der Waals surface area contributed by atoms with Gasteiger partial charge in [0.05, 0.1) is 16.8 Å². The van der Waals surface area contributed by atoms with E-state index in [1.807, 2.05) is 53.6 Å². The summed E-state index contributed by atoms with van der Waals surface area (Å²) in [6.07, 6.45) is 3.49. The molecular weight excluding hydrogens is 338 g/mol. The Hall–Kier alpha value is -3.15. The van der Waals surface area contributed by atoms with Crippen LogP contribution in [0.2, 0.25) is 0 Å². The Morgan fingerprint density at radius 3 is 2.70 bits per heavy atom. The van der Waals surface area contributed by atoms with E-state index < -0.39 is 0 Å². The number of para-hydroxylation sites is 1. The number of amides is 1. The number of fused-ring (bicyclic) bond motifs is 1. The molecule has 0 saturated carbocycles. The molecule has 1 aromatic carbocycles. The van der Waals surface area contributed by atoms with Gasteiger partial charge in [-0.2, -0.15) is 0 Å². The summed E-state index contributed by atoms with van der Waals surface area (Å²) < 4.78 is 0. The minimum absolute atomic E-state index is 0.0424. The average Bonchev–Trinajstić information content (AvgIpc) is 2.74. The molecule has 138 valence electrons. The molecule has 0 bridgehead atoms. The first-order valence-corrected chi connectivity index (χ1v) is 9.34. The Morgan fingerprint density at radius 1 is 1.07 bits per heavy atom. The van der Waals surface area contributed by atoms with Gasteiger partial charge in [0, 0.05) is 50.5 Å². The summed E-state index contributed by atoms with van der Waals surface area (Å²) in [5.74, 6) is 1.000. The SMILES string of the molecule is CCNc1cccnc1N1CCN(C(=O)c2cnc3ccccc3c2)CC1. The number of pyridine rings is 2. The number of benzene rings is 1. The average molecular weight is 361 g/mol. The summed E-state index contributed by atoms with van der Waals surface area (Å²) in [5, 5.41) is 4.35. The first-order chi connectivity index (χ1) is 13.3. The maximum Gasteiger partial charge on any atom is 0.255 e. The molecule has 1 saturated heterocycles. The molecular formula is C21H23N5O. The predicted molar refractivity (Wildman–Crippen MR) is 108 cm³/mol. The molecule has 0 radical (unpaired) electrons. The summed E-state index contributed by atoms with van der Waals surface area (Å²) in [4.78, 5) is 26.0. The fourth-order valence-corrected chi connectivity index (χ4v) is 3.47. The summed E-state index contributed by atoms with van der Waals surface area (Å²) in [5.41, 5.74) is 2.59. The quantitative estimate of drug-likeness (QED) is 0.774. The molecule has 0 aliphatic carbocycles. The molecule has 0 atom stereocenters. The van der Waals surface area contributed by atoms with Crippen molar-refractivity contribution in [3.63, 3.8) is 0 Å². The van der Waals surface area contributed by atoms with Crippen molar-refractivity contribution in [3.05, 3.63) is 60.4 Å². The van der Waals surface area contributed by atoms with E-state index in [1.165, 1.54) is 0 Å². The molecule has 0 unspecified atom stereocenters. The lowest BCUT2D eigenvalue weighted by Gasteiger charge is -2.36. The van der Waals surface area contributed by atoms with Crippen LogP contribution in [-0.4, -0.2) is 53.5 Å². The second-order valence-corrected chi connectivity index (χ2v) is 6.60. The Balaban J connectivity index is 1.46. The Kier molecular flexibility index (Phi) is 4.87. The van der Waals surface area contributed by atoms with Crippen molar-refractivity contribution in [2.24, 2.45) is 0 Å². The second kappa shape index (κ2) is 7.61. The molecule has 3 aromatic rings. The summed E-state index contributed by atoms with van der Waals surface area (Å²) in [6.45, 7) is 5.81. The largest absolute Gasteiger partial charge is 0.382 e. The number of hydrogen-bond acceptors (Lipinski definition) is 5. The van der Waals surface area contributed by atoms with Crippen LogP contribution < -0.4 is 10.2 Å². The zero-order chi connectivity index (χ0) is 18.6. The minimum Gasteiger partial charge on any atom is -0.382 e. The van der Waals surface area contributed by atoms with Gasteiger partial charge in [0.25, 0.3) is 5.91 Å². The smallest absolute Gasteiger partial charge is 0.255 e. The highest BCUT2D eigenvalue weighted by molar-refractivity contribution is 5.97. The van der Waals surface area contributed by atoms with E-state index in [0.29, 0.717) is 18.7 Å². The lowest BCUT2D eigenvalue weighted by molar-refractivity contribution is 0.0746. The number of anilines is 2. The Labute approximate surface area is 158 Å². The van der Waals surface area contributed by atoms with Gasteiger partial charge in [-0.05, 0) is 31.2 Å². The van der Waals surface area contributed by atoms with Gasteiger partial charge < -0.3 is 15.1 Å². The molecule has 2 aromatic heterocycles. The van der Waals surface area contributed by atoms with Gasteiger partial charge in [-0.1, -0.05) is 18.2 Å². The molecule has 1 N–H and O–H groups in total. The molecule has 1 aliphatic heterocycles. The highest BCUT2D eigenvalue weighted by Gasteiger charge is 2.24. The highest BCUT2D eigenvalue weighted by atomic mass is 16.2. The molecule has 6 heteroatoms. The standard InChI is InChI=1S/C21H23N5O/c1-2-22-19-8-5-9-23-20(19)25-10-12-26(13-11-25)21(27)17-14-16-6-3-4-7-18(16)24-15-17/h3-9,14-15,22H,2,10-13H2,1H3. The first kappa shape index (κ1) is 17.3. The third-order valence-corrected chi connectivity index (χ3v) is 4.86. The van der Waals surface area contributed by atoms with Crippen LogP contribution in [-0.2, 0) is 0 Å². The van der Waals surface area contributed by atoms with Crippen LogP contribution in [0.4, 0.5) is 11.5 Å². The van der Waals surface area contributed by atoms with Crippen molar-refractivity contribution in [2.45, 2.75) is 6.92 Å². The van der Waals surface area contributed by atoms with Gasteiger partial charge in [0.15, 0.2) is 5.82 Å². The van der Waals surface area contributed by atoms with Gasteiger partial charge in [0.1, 0.15) is 0 Å². The van der Waals surface area contributed by atoms with Gasteiger partial charge >= 0.3 is 0 Å². The van der Waals surface area contributed by atoms with Gasteiger partial charge in [0.2, 0.25) is 0 Å². The fraction of sp³-hybridized carbons (Fsp3) is 0.286. The van der Waals surface area contributed by atoms with Gasteiger partial charge in [-0.15, -0.1) is 0 Å². The normalized spacial score (nSPS) is 14.4. The van der Waals surface area contributed by atoms with Crippen LogP contribution in [0, 0.1) is 0 Å². The van der Waals surface area contributed by atoms with E-state index in [1.54, 1.807) is 6.20 Å². The van der Waals surface area contributed by atoms with Crippen molar-refractivity contribution in [3.8, 4) is 0 Å². The first-order valence-electron chi connectivity index (χ1n) is 9.34. The topological polar surface area (TPSA) is 61.4 Å². The second-order valence-electron chi connectivity index (χ2n) is 6.60. The number of carbonyl (C=O) groups is 1. The molecule has 6 nitrogen and oxygen atoms in total. The van der Waals surface area contributed by atoms with E-state index in [-0.39, 0.29) is 5.91 Å². The maximum atomic E-state index is 12.9. The Bertz CT molecular complexity index is 950. The van der Waals surface area contributed by atoms with Crippen LogP contribution >= 0.6 is 0 Å². The van der Waals surface area contributed by atoms with Crippen molar-refractivity contribution in [2.75, 3.05) is 42.9 Å². The monoisotopic (exact) mass is 361 g/mol. The molecule has 3 heterocycles. The number of nitrogens with zero attached hydrogens (tertiary/aromatic N) is 4. The van der Waals surface area contributed by atoms with E-state index in [2.05, 4.69) is 27.1 Å². The number of rotatable bonds is 4. The molecule has 1 fully saturated rings. The molecule has 0 spiro atoms. The van der Waals surface area contributed by atoms with Crippen LogP contribution in [0.3, 0.4) is 0 Å². The van der Waals surface area contributed by atoms with E-state index >= 15 is 0 Å². The summed E-state index contributed by atoms with van der Waals surface area (Å²) in [6, 6.07) is 13.8. The zero-order valence-electron chi connectivity index (χ0n) is 15.4. The number of nitrogens with one attached hydrogen (secondary N) is 1. The molecule has 27 heavy (non-hydrogen) atoms. The Morgan fingerprint density at radius 2 is 1.89 bits per heavy atom. The van der Waals surface area contributed by atoms with E-state index in [0.717, 1.165) is 42.0 Å². The number of piperazine rings is 1. The summed E-state index contributed by atoms with van der Waals surface area (Å²) in [7, 11) is 0. The van der Waals surface area contributed by atoms with E-state index in [4.69, 9.17) is 0 Å². The molecule has 1 amide bonds. The van der Waals surface area contributed by atoms with Crippen LogP contribution in [0.15, 0.2) is 54.9 Å². The number of hydrogen-bond donors (Lipinski definition) is 1. The van der Waals surface area contributed by atoms with Gasteiger partial charge in [-0.3, -0.25) is 9.78 Å². The van der Waals surface area contributed by atoms with Crippen LogP contribution in [0.25, 0.3) is 10.9 Å². The molecule has 4 rings (SSSR count).